The first-order valence-electron chi connectivity index (χ1n) is 8.84. The number of benzene rings is 2. The lowest BCUT2D eigenvalue weighted by Crippen LogP contribution is -2.17. The molecular formula is C21H24N2O3. The molecular weight excluding hydrogens is 328 g/mol. The molecule has 2 aromatic rings. The minimum atomic E-state index is -0.135. The highest BCUT2D eigenvalue weighted by atomic mass is 16.6. The number of phenols is 1. The van der Waals surface area contributed by atoms with Crippen molar-refractivity contribution in [3.63, 3.8) is 0 Å². The van der Waals surface area contributed by atoms with Crippen molar-refractivity contribution < 1.29 is 14.7 Å². The summed E-state index contributed by atoms with van der Waals surface area (Å²) in [6, 6.07) is 13.4. The van der Waals surface area contributed by atoms with Crippen LogP contribution in [-0.2, 0) is 9.63 Å². The van der Waals surface area contributed by atoms with Gasteiger partial charge in [0.2, 0.25) is 5.91 Å². The molecule has 2 N–H and O–H groups in total. The van der Waals surface area contributed by atoms with Crippen molar-refractivity contribution in [2.24, 2.45) is 5.16 Å². The molecule has 0 spiro atoms. The number of nitrogens with zero attached hydrogens (tertiary/aromatic N) is 1. The summed E-state index contributed by atoms with van der Waals surface area (Å²) in [5.74, 6) is 0.296. The van der Waals surface area contributed by atoms with Crippen LogP contribution in [0.15, 0.2) is 47.6 Å². The molecule has 3 rings (SSSR count). The molecule has 0 fully saturated rings. The average Bonchev–Trinajstić information content (AvgIpc) is 3.06. The number of rotatable bonds is 5. The number of aryl methyl sites for hydroxylation is 1. The molecule has 1 atom stereocenters. The van der Waals surface area contributed by atoms with Gasteiger partial charge in [0, 0.05) is 12.1 Å². The smallest absolute Gasteiger partial charge is 0.230 e. The lowest BCUT2D eigenvalue weighted by Gasteiger charge is -2.14. The highest BCUT2D eigenvalue weighted by Crippen LogP contribution is 2.32. The van der Waals surface area contributed by atoms with Crippen LogP contribution in [0.1, 0.15) is 55.4 Å². The maximum atomic E-state index is 12.4. The fraction of sp³-hybridized carbons (Fsp3) is 0.333. The van der Waals surface area contributed by atoms with Gasteiger partial charge in [-0.15, -0.1) is 0 Å². The lowest BCUT2D eigenvalue weighted by molar-refractivity contribution is -0.115. The van der Waals surface area contributed by atoms with Gasteiger partial charge in [0.15, 0.2) is 6.10 Å². The molecule has 2 aromatic carbocycles. The van der Waals surface area contributed by atoms with Crippen LogP contribution in [0.25, 0.3) is 0 Å². The van der Waals surface area contributed by atoms with E-state index in [2.05, 4.69) is 10.5 Å². The van der Waals surface area contributed by atoms with E-state index < -0.39 is 0 Å². The topological polar surface area (TPSA) is 70.9 Å². The first-order valence-corrected chi connectivity index (χ1v) is 8.84. The van der Waals surface area contributed by atoms with Crippen LogP contribution in [0.2, 0.25) is 0 Å². The van der Waals surface area contributed by atoms with Crippen molar-refractivity contribution >= 4 is 17.3 Å². The van der Waals surface area contributed by atoms with Crippen LogP contribution in [0.4, 0.5) is 5.69 Å². The lowest BCUT2D eigenvalue weighted by atomic mass is 9.99. The number of carbonyl (C=O) groups is 1. The summed E-state index contributed by atoms with van der Waals surface area (Å²) >= 11 is 0. The van der Waals surface area contributed by atoms with Crippen molar-refractivity contribution in [3.8, 4) is 5.75 Å². The SMILES string of the molecule is Cc1cc(O)c(C(C)C)cc1NC(=O)CC1=NOC(c2ccccc2)C1. The van der Waals surface area contributed by atoms with Gasteiger partial charge in [-0.25, -0.2) is 0 Å². The standard InChI is InChI=1S/C21H24N2O3/c1-13(2)17-12-18(14(3)9-19(17)24)22-21(25)11-16-10-20(26-23-16)15-7-5-4-6-8-15/h4-9,12-13,20,24H,10-11H2,1-3H3,(H,22,25). The van der Waals surface area contributed by atoms with Crippen molar-refractivity contribution in [3.05, 3.63) is 59.2 Å². The summed E-state index contributed by atoms with van der Waals surface area (Å²) in [6.07, 6.45) is 0.686. The molecule has 0 bridgehead atoms. The van der Waals surface area contributed by atoms with E-state index in [1.54, 1.807) is 6.07 Å². The Hall–Kier alpha value is -2.82. The Kier molecular flexibility index (Phi) is 5.26. The number of carbonyl (C=O) groups excluding carboxylic acids is 1. The summed E-state index contributed by atoms with van der Waals surface area (Å²) in [5.41, 5.74) is 4.15. The summed E-state index contributed by atoms with van der Waals surface area (Å²) in [6.45, 7) is 5.87. The van der Waals surface area contributed by atoms with Crippen LogP contribution >= 0.6 is 0 Å². The second-order valence-corrected chi connectivity index (χ2v) is 6.97. The van der Waals surface area contributed by atoms with Crippen LogP contribution in [-0.4, -0.2) is 16.7 Å². The van der Waals surface area contributed by atoms with Crippen LogP contribution in [0.5, 0.6) is 5.75 Å². The number of amides is 1. The Balaban J connectivity index is 1.62. The predicted octanol–water partition coefficient (Wildman–Crippen LogP) is 4.67. The highest BCUT2D eigenvalue weighted by molar-refractivity contribution is 6.07. The minimum Gasteiger partial charge on any atom is -0.508 e. The Morgan fingerprint density at radius 3 is 2.73 bits per heavy atom. The van der Waals surface area contributed by atoms with E-state index in [1.807, 2.05) is 57.2 Å². The van der Waals surface area contributed by atoms with Gasteiger partial charge < -0.3 is 15.3 Å². The van der Waals surface area contributed by atoms with E-state index in [0.717, 1.165) is 28.1 Å². The molecule has 1 aliphatic heterocycles. The first-order chi connectivity index (χ1) is 12.4. The quantitative estimate of drug-likeness (QED) is 0.768. The van der Waals surface area contributed by atoms with Gasteiger partial charge in [-0.1, -0.05) is 49.3 Å². The van der Waals surface area contributed by atoms with Crippen LogP contribution < -0.4 is 5.32 Å². The molecule has 0 saturated heterocycles. The normalized spacial score (nSPS) is 16.3. The second kappa shape index (κ2) is 7.60. The van der Waals surface area contributed by atoms with E-state index in [1.165, 1.54) is 0 Å². The third-order valence-electron chi connectivity index (χ3n) is 4.54. The molecule has 0 saturated carbocycles. The fourth-order valence-corrected chi connectivity index (χ4v) is 3.06. The van der Waals surface area contributed by atoms with Gasteiger partial charge in [-0.3, -0.25) is 4.79 Å². The van der Waals surface area contributed by atoms with Gasteiger partial charge in [0.05, 0.1) is 12.1 Å². The third-order valence-corrected chi connectivity index (χ3v) is 4.54. The van der Waals surface area contributed by atoms with E-state index in [4.69, 9.17) is 4.84 Å². The molecule has 0 radical (unpaired) electrons. The molecule has 1 heterocycles. The third kappa shape index (κ3) is 4.04. The Morgan fingerprint density at radius 1 is 1.31 bits per heavy atom. The van der Waals surface area contributed by atoms with E-state index in [-0.39, 0.29) is 30.1 Å². The molecule has 26 heavy (non-hydrogen) atoms. The maximum absolute atomic E-state index is 12.4. The number of oxime groups is 1. The molecule has 136 valence electrons. The van der Waals surface area contributed by atoms with Crippen molar-refractivity contribution in [1.29, 1.82) is 0 Å². The van der Waals surface area contributed by atoms with Gasteiger partial charge in [0.25, 0.3) is 0 Å². The second-order valence-electron chi connectivity index (χ2n) is 6.97. The zero-order valence-electron chi connectivity index (χ0n) is 15.3. The fourth-order valence-electron chi connectivity index (χ4n) is 3.06. The number of nitrogens with one attached hydrogen (secondary N) is 1. The Labute approximate surface area is 153 Å². The zero-order chi connectivity index (χ0) is 18.7. The summed E-state index contributed by atoms with van der Waals surface area (Å²) in [7, 11) is 0. The highest BCUT2D eigenvalue weighted by Gasteiger charge is 2.24. The number of hydrogen-bond donors (Lipinski definition) is 2. The molecule has 1 unspecified atom stereocenters. The van der Waals surface area contributed by atoms with Crippen molar-refractivity contribution in [1.82, 2.24) is 0 Å². The molecule has 5 heteroatoms. The van der Waals surface area contributed by atoms with E-state index >= 15 is 0 Å². The molecule has 1 amide bonds. The molecule has 0 aromatic heterocycles. The Morgan fingerprint density at radius 2 is 2.04 bits per heavy atom. The number of phenolic OH excluding ortho intramolecular Hbond substituents is 1. The summed E-state index contributed by atoms with van der Waals surface area (Å²) < 4.78 is 0. The van der Waals surface area contributed by atoms with Gasteiger partial charge in [0.1, 0.15) is 5.75 Å². The van der Waals surface area contributed by atoms with E-state index in [0.29, 0.717) is 6.42 Å². The number of aromatic hydroxyl groups is 1. The first kappa shape index (κ1) is 18.0. The van der Waals surface area contributed by atoms with Gasteiger partial charge in [-0.2, -0.15) is 0 Å². The minimum absolute atomic E-state index is 0.123. The van der Waals surface area contributed by atoms with Gasteiger partial charge >= 0.3 is 0 Å². The van der Waals surface area contributed by atoms with E-state index in [9.17, 15) is 9.90 Å². The molecule has 1 aliphatic rings. The van der Waals surface area contributed by atoms with Crippen molar-refractivity contribution in [2.45, 2.75) is 45.6 Å². The van der Waals surface area contributed by atoms with Crippen LogP contribution in [0.3, 0.4) is 0 Å². The zero-order valence-corrected chi connectivity index (χ0v) is 15.3. The number of hydrogen-bond acceptors (Lipinski definition) is 4. The maximum Gasteiger partial charge on any atom is 0.230 e. The largest absolute Gasteiger partial charge is 0.508 e. The predicted molar refractivity (Wildman–Crippen MR) is 102 cm³/mol. The van der Waals surface area contributed by atoms with Gasteiger partial charge in [-0.05, 0) is 41.7 Å². The summed E-state index contributed by atoms with van der Waals surface area (Å²) in [5, 5.41) is 17.0. The van der Waals surface area contributed by atoms with Crippen molar-refractivity contribution in [2.75, 3.05) is 5.32 Å². The molecule has 0 aliphatic carbocycles. The van der Waals surface area contributed by atoms with Crippen LogP contribution in [0, 0.1) is 6.92 Å². The monoisotopic (exact) mass is 352 g/mol. The summed E-state index contributed by atoms with van der Waals surface area (Å²) in [4.78, 5) is 17.9. The Bertz CT molecular complexity index is 829. The number of anilines is 1. The molecule has 5 nitrogen and oxygen atoms in total. The average molecular weight is 352 g/mol.